The normalized spacial score (nSPS) is 12.8. The van der Waals surface area contributed by atoms with Gasteiger partial charge in [0.1, 0.15) is 17.2 Å². The van der Waals surface area contributed by atoms with Crippen molar-refractivity contribution in [1.82, 2.24) is 9.97 Å². The van der Waals surface area contributed by atoms with Crippen molar-refractivity contribution in [3.05, 3.63) is 48.6 Å². The summed E-state index contributed by atoms with van der Waals surface area (Å²) in [5, 5.41) is 4.41. The Morgan fingerprint density at radius 3 is 3.06 bits per heavy atom. The molecule has 0 saturated heterocycles. The lowest BCUT2D eigenvalue weighted by molar-refractivity contribution is 0.490. The van der Waals surface area contributed by atoms with Crippen molar-refractivity contribution in [2.45, 2.75) is 13.0 Å². The Balaban J connectivity index is 1.84. The monoisotopic (exact) mass is 227 g/mol. The number of nitrogens with zero attached hydrogens (tertiary/aromatic N) is 1. The van der Waals surface area contributed by atoms with Crippen molar-refractivity contribution < 1.29 is 4.42 Å². The van der Waals surface area contributed by atoms with Crippen molar-refractivity contribution in [3.8, 4) is 0 Å². The van der Waals surface area contributed by atoms with Crippen LogP contribution in [0.15, 0.2) is 47.2 Å². The fourth-order valence-corrected chi connectivity index (χ4v) is 1.84. The van der Waals surface area contributed by atoms with Crippen LogP contribution in [0, 0.1) is 0 Å². The molecule has 0 unspecified atom stereocenters. The van der Waals surface area contributed by atoms with Crippen LogP contribution in [-0.4, -0.2) is 9.97 Å². The number of nitrogens with one attached hydrogen (secondary N) is 2. The largest absolute Gasteiger partial charge is 0.467 e. The topological polar surface area (TPSA) is 53.9 Å². The van der Waals surface area contributed by atoms with Gasteiger partial charge >= 0.3 is 0 Å². The van der Waals surface area contributed by atoms with E-state index >= 15 is 0 Å². The van der Waals surface area contributed by atoms with E-state index in [9.17, 15) is 0 Å². The standard InChI is InChI=1S/C13H13N3O/c1-9(11-3-2-8-17-11)15-12-5-4-10-6-7-14-13(10)16-12/h2-9H,1H3,(H2,14,15,16)/t9-/m1/s1. The molecule has 2 N–H and O–H groups in total. The van der Waals surface area contributed by atoms with Crippen molar-refractivity contribution >= 4 is 16.9 Å². The van der Waals surface area contributed by atoms with Crippen LogP contribution >= 0.6 is 0 Å². The van der Waals surface area contributed by atoms with E-state index in [4.69, 9.17) is 4.42 Å². The lowest BCUT2D eigenvalue weighted by Gasteiger charge is -2.11. The highest BCUT2D eigenvalue weighted by Gasteiger charge is 2.08. The number of hydrogen-bond acceptors (Lipinski definition) is 3. The van der Waals surface area contributed by atoms with E-state index in [0.717, 1.165) is 22.6 Å². The Hall–Kier alpha value is -2.23. The molecule has 0 fully saturated rings. The van der Waals surface area contributed by atoms with E-state index < -0.39 is 0 Å². The van der Waals surface area contributed by atoms with E-state index in [-0.39, 0.29) is 6.04 Å². The summed E-state index contributed by atoms with van der Waals surface area (Å²) in [6, 6.07) is 9.94. The Morgan fingerprint density at radius 1 is 1.29 bits per heavy atom. The average Bonchev–Trinajstić information content (AvgIpc) is 2.99. The van der Waals surface area contributed by atoms with E-state index in [1.165, 1.54) is 0 Å². The van der Waals surface area contributed by atoms with E-state index in [1.54, 1.807) is 6.26 Å². The van der Waals surface area contributed by atoms with Crippen LogP contribution in [0.3, 0.4) is 0 Å². The van der Waals surface area contributed by atoms with Gasteiger partial charge < -0.3 is 14.7 Å². The minimum absolute atomic E-state index is 0.102. The quantitative estimate of drug-likeness (QED) is 0.721. The first-order chi connectivity index (χ1) is 8.33. The molecular formula is C13H13N3O. The molecule has 0 aliphatic heterocycles. The van der Waals surface area contributed by atoms with Crippen LogP contribution in [0.5, 0.6) is 0 Å². The van der Waals surface area contributed by atoms with E-state index in [2.05, 4.69) is 15.3 Å². The SMILES string of the molecule is C[C@@H](Nc1ccc2cc[nH]c2n1)c1ccco1. The molecule has 0 aliphatic carbocycles. The van der Waals surface area contributed by atoms with Gasteiger partial charge in [-0.1, -0.05) is 0 Å². The lowest BCUT2D eigenvalue weighted by atomic mass is 10.2. The molecule has 3 heterocycles. The molecule has 0 radical (unpaired) electrons. The molecule has 0 spiro atoms. The molecule has 0 aromatic carbocycles. The molecule has 1 atom stereocenters. The summed E-state index contributed by atoms with van der Waals surface area (Å²) in [6.07, 6.45) is 3.56. The van der Waals surface area contributed by atoms with Gasteiger partial charge in [-0.15, -0.1) is 0 Å². The molecule has 0 aliphatic rings. The lowest BCUT2D eigenvalue weighted by Crippen LogP contribution is -2.06. The predicted octanol–water partition coefficient (Wildman–Crippen LogP) is 3.33. The molecule has 4 heteroatoms. The van der Waals surface area contributed by atoms with Crippen LogP contribution < -0.4 is 5.32 Å². The van der Waals surface area contributed by atoms with Gasteiger partial charge in [0, 0.05) is 11.6 Å². The van der Waals surface area contributed by atoms with Crippen LogP contribution in [0.2, 0.25) is 0 Å². The first kappa shape index (κ1) is 9.96. The first-order valence-electron chi connectivity index (χ1n) is 5.57. The third-order valence-electron chi connectivity index (χ3n) is 2.74. The summed E-state index contributed by atoms with van der Waals surface area (Å²) >= 11 is 0. The smallest absolute Gasteiger partial charge is 0.139 e. The maximum atomic E-state index is 5.34. The summed E-state index contributed by atoms with van der Waals surface area (Å²) in [7, 11) is 0. The van der Waals surface area contributed by atoms with Gasteiger partial charge in [0.15, 0.2) is 0 Å². The zero-order chi connectivity index (χ0) is 11.7. The third-order valence-corrected chi connectivity index (χ3v) is 2.74. The Morgan fingerprint density at radius 2 is 2.24 bits per heavy atom. The summed E-state index contributed by atoms with van der Waals surface area (Å²) in [5.74, 6) is 1.74. The van der Waals surface area contributed by atoms with Gasteiger partial charge in [-0.05, 0) is 37.3 Å². The minimum atomic E-state index is 0.102. The number of pyridine rings is 1. The van der Waals surface area contributed by atoms with Crippen molar-refractivity contribution in [2.75, 3.05) is 5.32 Å². The minimum Gasteiger partial charge on any atom is -0.467 e. The summed E-state index contributed by atoms with van der Waals surface area (Å²) in [4.78, 5) is 7.57. The molecule has 3 aromatic rings. The van der Waals surface area contributed by atoms with Gasteiger partial charge in [0.25, 0.3) is 0 Å². The molecule has 17 heavy (non-hydrogen) atoms. The highest BCUT2D eigenvalue weighted by molar-refractivity contribution is 5.77. The number of aromatic nitrogens is 2. The Bertz CT molecular complexity index is 612. The highest BCUT2D eigenvalue weighted by Crippen LogP contribution is 2.20. The van der Waals surface area contributed by atoms with Gasteiger partial charge in [-0.2, -0.15) is 0 Å². The summed E-state index contributed by atoms with van der Waals surface area (Å²) in [6.45, 7) is 2.04. The Kier molecular flexibility index (Phi) is 2.33. The second-order valence-electron chi connectivity index (χ2n) is 3.99. The maximum absolute atomic E-state index is 5.34. The second-order valence-corrected chi connectivity index (χ2v) is 3.99. The van der Waals surface area contributed by atoms with Crippen molar-refractivity contribution in [2.24, 2.45) is 0 Å². The fourth-order valence-electron chi connectivity index (χ4n) is 1.84. The number of fused-ring (bicyclic) bond motifs is 1. The number of anilines is 1. The van der Waals surface area contributed by atoms with E-state index in [0.29, 0.717) is 0 Å². The fraction of sp³-hybridized carbons (Fsp3) is 0.154. The van der Waals surface area contributed by atoms with Gasteiger partial charge in [0.2, 0.25) is 0 Å². The maximum Gasteiger partial charge on any atom is 0.139 e. The van der Waals surface area contributed by atoms with Crippen LogP contribution in [0.1, 0.15) is 18.7 Å². The molecule has 3 aromatic heterocycles. The second kappa shape index (κ2) is 3.97. The number of aromatic amines is 1. The number of furan rings is 1. The molecule has 86 valence electrons. The molecule has 0 amide bonds. The van der Waals surface area contributed by atoms with Gasteiger partial charge in [-0.3, -0.25) is 0 Å². The molecule has 3 rings (SSSR count). The predicted molar refractivity (Wildman–Crippen MR) is 66.8 cm³/mol. The molecule has 4 nitrogen and oxygen atoms in total. The zero-order valence-electron chi connectivity index (χ0n) is 9.47. The molecular weight excluding hydrogens is 214 g/mol. The van der Waals surface area contributed by atoms with Crippen LogP contribution in [0.25, 0.3) is 11.0 Å². The zero-order valence-corrected chi connectivity index (χ0v) is 9.47. The highest BCUT2D eigenvalue weighted by atomic mass is 16.3. The number of hydrogen-bond donors (Lipinski definition) is 2. The molecule has 0 bridgehead atoms. The third kappa shape index (κ3) is 1.89. The van der Waals surface area contributed by atoms with Gasteiger partial charge in [-0.25, -0.2) is 4.98 Å². The summed E-state index contributed by atoms with van der Waals surface area (Å²) < 4.78 is 5.34. The Labute approximate surface area is 98.7 Å². The van der Waals surface area contributed by atoms with Gasteiger partial charge in [0.05, 0.1) is 12.3 Å². The van der Waals surface area contributed by atoms with E-state index in [1.807, 2.05) is 43.5 Å². The van der Waals surface area contributed by atoms with Crippen LogP contribution in [0.4, 0.5) is 5.82 Å². The average molecular weight is 227 g/mol. The number of H-pyrrole nitrogens is 1. The molecule has 0 saturated carbocycles. The van der Waals surface area contributed by atoms with Crippen molar-refractivity contribution in [3.63, 3.8) is 0 Å². The summed E-state index contributed by atoms with van der Waals surface area (Å²) in [5.41, 5.74) is 0.890. The van der Waals surface area contributed by atoms with Crippen LogP contribution in [-0.2, 0) is 0 Å². The van der Waals surface area contributed by atoms with Crippen molar-refractivity contribution in [1.29, 1.82) is 0 Å². The number of rotatable bonds is 3. The first-order valence-corrected chi connectivity index (χ1v) is 5.57.